The van der Waals surface area contributed by atoms with E-state index in [4.69, 9.17) is 10.8 Å². The summed E-state index contributed by atoms with van der Waals surface area (Å²) >= 11 is 0. The number of aliphatic carboxylic acids is 1. The Kier molecular flexibility index (Phi) is 2.58. The van der Waals surface area contributed by atoms with Gasteiger partial charge >= 0.3 is 5.97 Å². The van der Waals surface area contributed by atoms with Crippen molar-refractivity contribution in [3.8, 4) is 0 Å². The predicted octanol–water partition coefficient (Wildman–Crippen LogP) is -2.35. The molecule has 0 radical (unpaired) electrons. The lowest BCUT2D eigenvalue weighted by Gasteiger charge is -2.38. The van der Waals surface area contributed by atoms with Crippen LogP contribution in [-0.2, 0) is 4.79 Å². The molecular formula is C7H13NO5. The number of aliphatic hydroxyl groups is 3. The molecule has 0 aromatic rings. The van der Waals surface area contributed by atoms with Gasteiger partial charge in [0.2, 0.25) is 0 Å². The van der Waals surface area contributed by atoms with Gasteiger partial charge in [-0.05, 0) is 0 Å². The van der Waals surface area contributed by atoms with Gasteiger partial charge in [0, 0.05) is 18.9 Å². The maximum atomic E-state index is 10.6. The number of hydrogen-bond donors (Lipinski definition) is 5. The molecule has 0 aliphatic heterocycles. The third-order valence-corrected chi connectivity index (χ3v) is 2.35. The van der Waals surface area contributed by atoms with E-state index in [9.17, 15) is 20.1 Å². The van der Waals surface area contributed by atoms with Gasteiger partial charge in [-0.3, -0.25) is 0 Å². The lowest BCUT2D eigenvalue weighted by atomic mass is 9.79. The SMILES string of the molecule is N[C@@H]1CC(O)(C(=O)O)C[C@@H](O)C1O. The van der Waals surface area contributed by atoms with Gasteiger partial charge in [-0.25, -0.2) is 4.79 Å². The lowest BCUT2D eigenvalue weighted by Crippen LogP contribution is -2.58. The van der Waals surface area contributed by atoms with Gasteiger partial charge in [-0.1, -0.05) is 0 Å². The number of aliphatic hydroxyl groups excluding tert-OH is 2. The highest BCUT2D eigenvalue weighted by atomic mass is 16.4. The highest BCUT2D eigenvalue weighted by Gasteiger charge is 2.47. The molecule has 0 spiro atoms. The molecule has 0 bridgehead atoms. The largest absolute Gasteiger partial charge is 0.479 e. The van der Waals surface area contributed by atoms with Crippen LogP contribution in [-0.4, -0.2) is 50.2 Å². The fourth-order valence-corrected chi connectivity index (χ4v) is 1.52. The van der Waals surface area contributed by atoms with Gasteiger partial charge in [-0.2, -0.15) is 0 Å². The zero-order valence-corrected chi connectivity index (χ0v) is 6.92. The van der Waals surface area contributed by atoms with Gasteiger partial charge in [0.25, 0.3) is 0 Å². The van der Waals surface area contributed by atoms with Crippen molar-refractivity contribution in [1.29, 1.82) is 0 Å². The molecule has 0 heterocycles. The van der Waals surface area contributed by atoms with Gasteiger partial charge in [-0.15, -0.1) is 0 Å². The third kappa shape index (κ3) is 1.80. The molecule has 76 valence electrons. The molecule has 2 unspecified atom stereocenters. The van der Waals surface area contributed by atoms with Crippen LogP contribution in [0.3, 0.4) is 0 Å². The monoisotopic (exact) mass is 191 g/mol. The summed E-state index contributed by atoms with van der Waals surface area (Å²) in [5.41, 5.74) is 3.33. The van der Waals surface area contributed by atoms with Crippen LogP contribution in [0.2, 0.25) is 0 Å². The van der Waals surface area contributed by atoms with Crippen LogP contribution in [0.4, 0.5) is 0 Å². The van der Waals surface area contributed by atoms with Crippen LogP contribution < -0.4 is 5.73 Å². The third-order valence-electron chi connectivity index (χ3n) is 2.35. The van der Waals surface area contributed by atoms with E-state index in [1.54, 1.807) is 0 Å². The second-order valence-corrected chi connectivity index (χ2v) is 3.47. The second-order valence-electron chi connectivity index (χ2n) is 3.47. The summed E-state index contributed by atoms with van der Waals surface area (Å²) in [5.74, 6) is -1.42. The van der Waals surface area contributed by atoms with Crippen LogP contribution in [0.5, 0.6) is 0 Å². The summed E-state index contributed by atoms with van der Waals surface area (Å²) < 4.78 is 0. The number of nitrogens with two attached hydrogens (primary N) is 1. The van der Waals surface area contributed by atoms with E-state index in [0.717, 1.165) is 0 Å². The van der Waals surface area contributed by atoms with E-state index in [1.165, 1.54) is 0 Å². The first-order valence-corrected chi connectivity index (χ1v) is 3.94. The van der Waals surface area contributed by atoms with Crippen molar-refractivity contribution < 1.29 is 25.2 Å². The summed E-state index contributed by atoms with van der Waals surface area (Å²) in [7, 11) is 0. The molecule has 1 aliphatic rings. The molecule has 6 heteroatoms. The quantitative estimate of drug-likeness (QED) is 0.316. The van der Waals surface area contributed by atoms with E-state index in [0.29, 0.717) is 0 Å². The molecule has 1 rings (SSSR count). The molecule has 6 N–H and O–H groups in total. The molecule has 1 aliphatic carbocycles. The summed E-state index contributed by atoms with van der Waals surface area (Å²) in [5, 5.41) is 36.4. The van der Waals surface area contributed by atoms with Crippen molar-refractivity contribution in [2.75, 3.05) is 0 Å². The zero-order chi connectivity index (χ0) is 10.2. The molecule has 0 aromatic heterocycles. The van der Waals surface area contributed by atoms with Gasteiger partial charge < -0.3 is 26.2 Å². The minimum Gasteiger partial charge on any atom is -0.479 e. The predicted molar refractivity (Wildman–Crippen MR) is 41.8 cm³/mol. The maximum absolute atomic E-state index is 10.6. The number of hydrogen-bond acceptors (Lipinski definition) is 5. The Morgan fingerprint density at radius 2 is 1.92 bits per heavy atom. The van der Waals surface area contributed by atoms with Crippen molar-refractivity contribution in [3.63, 3.8) is 0 Å². The molecule has 0 saturated heterocycles. The molecular weight excluding hydrogens is 178 g/mol. The number of rotatable bonds is 1. The Bertz CT molecular complexity index is 207. The van der Waals surface area contributed by atoms with Crippen molar-refractivity contribution in [3.05, 3.63) is 0 Å². The van der Waals surface area contributed by atoms with Crippen LogP contribution in [0.15, 0.2) is 0 Å². The Morgan fingerprint density at radius 3 is 2.31 bits per heavy atom. The summed E-state index contributed by atoms with van der Waals surface area (Å²) in [4.78, 5) is 10.6. The molecule has 6 nitrogen and oxygen atoms in total. The average molecular weight is 191 g/mol. The minimum absolute atomic E-state index is 0.249. The summed E-state index contributed by atoms with van der Waals surface area (Å²) in [6, 6.07) is -0.912. The molecule has 13 heavy (non-hydrogen) atoms. The molecule has 4 atom stereocenters. The average Bonchev–Trinajstić information content (AvgIpc) is 2.00. The summed E-state index contributed by atoms with van der Waals surface area (Å²) in [6.45, 7) is 0. The standard InChI is InChI=1S/C7H13NO5/c8-3-1-7(13,6(11)12)2-4(9)5(3)10/h3-5,9-10,13H,1-2,8H2,(H,11,12)/t3-,4-,5?,7?/m1/s1. The van der Waals surface area contributed by atoms with Crippen LogP contribution in [0.25, 0.3) is 0 Å². The van der Waals surface area contributed by atoms with E-state index >= 15 is 0 Å². The topological polar surface area (TPSA) is 124 Å². The molecule has 0 amide bonds. The van der Waals surface area contributed by atoms with Crippen molar-refractivity contribution in [2.24, 2.45) is 5.73 Å². The van der Waals surface area contributed by atoms with Gasteiger partial charge in [0.05, 0.1) is 12.2 Å². The van der Waals surface area contributed by atoms with Crippen molar-refractivity contribution in [1.82, 2.24) is 0 Å². The highest BCUT2D eigenvalue weighted by molar-refractivity contribution is 5.77. The fourth-order valence-electron chi connectivity index (χ4n) is 1.52. The number of carbonyl (C=O) groups is 1. The zero-order valence-electron chi connectivity index (χ0n) is 6.92. The van der Waals surface area contributed by atoms with E-state index in [1.807, 2.05) is 0 Å². The first-order valence-electron chi connectivity index (χ1n) is 3.94. The smallest absolute Gasteiger partial charge is 0.335 e. The van der Waals surface area contributed by atoms with Crippen molar-refractivity contribution >= 4 is 5.97 Å². The lowest BCUT2D eigenvalue weighted by molar-refractivity contribution is -0.173. The Labute approximate surface area is 74.6 Å². The van der Waals surface area contributed by atoms with Crippen molar-refractivity contribution in [2.45, 2.75) is 36.7 Å². The van der Waals surface area contributed by atoms with E-state index < -0.39 is 36.2 Å². The van der Waals surface area contributed by atoms with Crippen LogP contribution in [0.1, 0.15) is 12.8 Å². The molecule has 1 fully saturated rings. The van der Waals surface area contributed by atoms with Crippen LogP contribution in [0, 0.1) is 0 Å². The fraction of sp³-hybridized carbons (Fsp3) is 0.857. The summed E-state index contributed by atoms with van der Waals surface area (Å²) in [6.07, 6.45) is -3.10. The highest BCUT2D eigenvalue weighted by Crippen LogP contribution is 2.28. The first-order chi connectivity index (χ1) is 5.87. The Balaban J connectivity index is 2.79. The Morgan fingerprint density at radius 1 is 1.38 bits per heavy atom. The van der Waals surface area contributed by atoms with E-state index in [2.05, 4.69) is 0 Å². The number of carboxylic acid groups (broad SMARTS) is 1. The molecule has 0 aromatic carbocycles. The van der Waals surface area contributed by atoms with Gasteiger partial charge in [0.15, 0.2) is 5.60 Å². The maximum Gasteiger partial charge on any atom is 0.335 e. The minimum atomic E-state index is -2.02. The molecule has 1 saturated carbocycles. The van der Waals surface area contributed by atoms with E-state index in [-0.39, 0.29) is 6.42 Å². The first kappa shape index (κ1) is 10.4. The Hall–Kier alpha value is -0.690. The number of carboxylic acids is 1. The second kappa shape index (κ2) is 3.22. The van der Waals surface area contributed by atoms with Crippen LogP contribution >= 0.6 is 0 Å². The van der Waals surface area contributed by atoms with Gasteiger partial charge in [0.1, 0.15) is 0 Å². The normalized spacial score (nSPS) is 46.0.